The fraction of sp³-hybridized carbons (Fsp3) is 0.474. The third-order valence-corrected chi connectivity index (χ3v) is 4.70. The number of hydrogen-bond donors (Lipinski definition) is 2. The van der Waals surface area contributed by atoms with Crippen molar-refractivity contribution in [3.8, 4) is 0 Å². The van der Waals surface area contributed by atoms with Crippen molar-refractivity contribution in [2.45, 2.75) is 46.1 Å². The Morgan fingerprint density at radius 2 is 2.24 bits per heavy atom. The molecule has 134 valence electrons. The molecule has 0 spiro atoms. The van der Waals surface area contributed by atoms with Crippen molar-refractivity contribution in [3.05, 3.63) is 35.1 Å². The van der Waals surface area contributed by atoms with Gasteiger partial charge in [-0.25, -0.2) is 0 Å². The monoisotopic (exact) mass is 359 g/mol. The first-order valence-electron chi connectivity index (χ1n) is 8.80. The van der Waals surface area contributed by atoms with E-state index in [0.29, 0.717) is 11.7 Å². The molecule has 1 aliphatic rings. The first kappa shape index (κ1) is 17.9. The average Bonchev–Trinajstić information content (AvgIpc) is 3.24. The molecule has 1 saturated heterocycles. The normalized spacial score (nSPS) is 17.9. The number of thiocarbonyl (C=S) groups is 1. The number of aryl methyl sites for hydroxylation is 2. The molecule has 0 saturated carbocycles. The highest BCUT2D eigenvalue weighted by Crippen LogP contribution is 2.27. The second kappa shape index (κ2) is 7.97. The molecule has 2 N–H and O–H groups in total. The Hall–Kier alpha value is -1.92. The van der Waals surface area contributed by atoms with Crippen LogP contribution in [0, 0.1) is 6.92 Å². The predicted octanol–water partition coefficient (Wildman–Crippen LogP) is 3.67. The molecule has 1 atom stereocenters. The van der Waals surface area contributed by atoms with Crippen molar-refractivity contribution in [1.29, 1.82) is 0 Å². The standard InChI is InChI=1S/C19H25N3O2S/c1-4-15-16-10-12(2)7-8-17(16)24-18(15)13(3)21-22-19(25)20-11-14-6-5-9-23-14/h7-8,10,14H,4-6,9,11H2,1-3H3,(H2,20,22,25)/b21-13-/t14-/m1/s1. The molecule has 3 rings (SSSR count). The molecule has 0 radical (unpaired) electrons. The summed E-state index contributed by atoms with van der Waals surface area (Å²) in [6.45, 7) is 7.70. The molecule has 2 heterocycles. The third kappa shape index (κ3) is 4.19. The highest BCUT2D eigenvalue weighted by molar-refractivity contribution is 7.80. The van der Waals surface area contributed by atoms with Crippen LogP contribution in [0.2, 0.25) is 0 Å². The molecule has 1 aliphatic heterocycles. The van der Waals surface area contributed by atoms with Crippen molar-refractivity contribution in [2.24, 2.45) is 5.10 Å². The second-order valence-electron chi connectivity index (χ2n) is 6.42. The van der Waals surface area contributed by atoms with Gasteiger partial charge in [-0.2, -0.15) is 5.10 Å². The third-order valence-electron chi connectivity index (χ3n) is 4.47. The van der Waals surface area contributed by atoms with Gasteiger partial charge in [-0.1, -0.05) is 18.6 Å². The number of fused-ring (bicyclic) bond motifs is 1. The van der Waals surface area contributed by atoms with E-state index in [1.807, 2.05) is 13.0 Å². The average molecular weight is 359 g/mol. The van der Waals surface area contributed by atoms with Crippen molar-refractivity contribution in [2.75, 3.05) is 13.2 Å². The van der Waals surface area contributed by atoms with Crippen LogP contribution in [0.25, 0.3) is 11.0 Å². The van der Waals surface area contributed by atoms with Gasteiger partial charge in [0.05, 0.1) is 6.10 Å². The van der Waals surface area contributed by atoms with E-state index in [4.69, 9.17) is 21.4 Å². The lowest BCUT2D eigenvalue weighted by Gasteiger charge is -2.12. The fourth-order valence-corrected chi connectivity index (χ4v) is 3.27. The van der Waals surface area contributed by atoms with Gasteiger partial charge in [-0.05, 0) is 57.5 Å². The highest BCUT2D eigenvalue weighted by Gasteiger charge is 2.16. The van der Waals surface area contributed by atoms with Crippen molar-refractivity contribution in [1.82, 2.24) is 10.7 Å². The number of hydrogen-bond acceptors (Lipinski definition) is 4. The number of furan rings is 1. The van der Waals surface area contributed by atoms with Crippen LogP contribution in [0.4, 0.5) is 0 Å². The van der Waals surface area contributed by atoms with Gasteiger partial charge in [0.15, 0.2) is 10.9 Å². The van der Waals surface area contributed by atoms with Crippen LogP contribution in [0.3, 0.4) is 0 Å². The molecule has 0 unspecified atom stereocenters. The lowest BCUT2D eigenvalue weighted by atomic mass is 10.0. The molecule has 0 aliphatic carbocycles. The molecule has 1 aromatic carbocycles. The number of benzene rings is 1. The number of nitrogens with zero attached hydrogens (tertiary/aromatic N) is 1. The molecule has 5 nitrogen and oxygen atoms in total. The summed E-state index contributed by atoms with van der Waals surface area (Å²) in [7, 11) is 0. The zero-order valence-corrected chi connectivity index (χ0v) is 15.8. The Labute approximate surface area is 153 Å². The van der Waals surface area contributed by atoms with Gasteiger partial charge in [0.25, 0.3) is 0 Å². The van der Waals surface area contributed by atoms with Crippen molar-refractivity contribution >= 4 is 34.0 Å². The highest BCUT2D eigenvalue weighted by atomic mass is 32.1. The molecule has 25 heavy (non-hydrogen) atoms. The maximum atomic E-state index is 6.03. The van der Waals surface area contributed by atoms with Gasteiger partial charge in [0.2, 0.25) is 0 Å². The number of rotatable bonds is 5. The van der Waals surface area contributed by atoms with Crippen LogP contribution in [-0.4, -0.2) is 30.1 Å². The summed E-state index contributed by atoms with van der Waals surface area (Å²) in [6, 6.07) is 6.24. The van der Waals surface area contributed by atoms with Crippen molar-refractivity contribution in [3.63, 3.8) is 0 Å². The van der Waals surface area contributed by atoms with E-state index >= 15 is 0 Å². The van der Waals surface area contributed by atoms with Crippen LogP contribution in [0.15, 0.2) is 27.7 Å². The molecule has 0 bridgehead atoms. The smallest absolute Gasteiger partial charge is 0.187 e. The van der Waals surface area contributed by atoms with Gasteiger partial charge < -0.3 is 14.5 Å². The minimum Gasteiger partial charge on any atom is -0.454 e. The minimum atomic E-state index is 0.245. The van der Waals surface area contributed by atoms with Crippen LogP contribution in [-0.2, 0) is 11.2 Å². The zero-order valence-electron chi connectivity index (χ0n) is 15.0. The van der Waals surface area contributed by atoms with E-state index in [0.717, 1.165) is 48.3 Å². The first-order chi connectivity index (χ1) is 12.1. The Kier molecular flexibility index (Phi) is 5.71. The lowest BCUT2D eigenvalue weighted by molar-refractivity contribution is 0.114. The maximum absolute atomic E-state index is 6.03. The second-order valence-corrected chi connectivity index (χ2v) is 6.83. The minimum absolute atomic E-state index is 0.245. The first-order valence-corrected chi connectivity index (χ1v) is 9.21. The molecule has 2 aromatic rings. The molecule has 0 amide bonds. The summed E-state index contributed by atoms with van der Waals surface area (Å²) in [6.07, 6.45) is 3.33. The van der Waals surface area contributed by atoms with Crippen LogP contribution in [0.1, 0.15) is 43.6 Å². The zero-order chi connectivity index (χ0) is 17.8. The largest absolute Gasteiger partial charge is 0.454 e. The van der Waals surface area contributed by atoms with E-state index in [1.165, 1.54) is 11.1 Å². The summed E-state index contributed by atoms with van der Waals surface area (Å²) in [5, 5.41) is 9.20. The molecular weight excluding hydrogens is 334 g/mol. The Bertz CT molecular complexity index is 791. The summed E-state index contributed by atoms with van der Waals surface area (Å²) in [5.74, 6) is 0.817. The predicted molar refractivity (Wildman–Crippen MR) is 105 cm³/mol. The molecule has 6 heteroatoms. The van der Waals surface area contributed by atoms with E-state index in [1.54, 1.807) is 0 Å². The van der Waals surface area contributed by atoms with Crippen molar-refractivity contribution < 1.29 is 9.15 Å². The molecule has 1 aromatic heterocycles. The maximum Gasteiger partial charge on any atom is 0.187 e. The summed E-state index contributed by atoms with van der Waals surface area (Å²) < 4.78 is 11.6. The van der Waals surface area contributed by atoms with Crippen LogP contribution < -0.4 is 10.7 Å². The Morgan fingerprint density at radius 1 is 1.40 bits per heavy atom. The van der Waals surface area contributed by atoms with Crippen LogP contribution >= 0.6 is 12.2 Å². The van der Waals surface area contributed by atoms with E-state index < -0.39 is 0 Å². The number of hydrazone groups is 1. The van der Waals surface area contributed by atoms with Gasteiger partial charge >= 0.3 is 0 Å². The van der Waals surface area contributed by atoms with Gasteiger partial charge in [-0.3, -0.25) is 5.43 Å². The van der Waals surface area contributed by atoms with Gasteiger partial charge in [0, 0.05) is 24.1 Å². The summed E-state index contributed by atoms with van der Waals surface area (Å²) >= 11 is 5.28. The summed E-state index contributed by atoms with van der Waals surface area (Å²) in [5.41, 5.74) is 6.99. The van der Waals surface area contributed by atoms with E-state index in [9.17, 15) is 0 Å². The quantitative estimate of drug-likeness (QED) is 0.485. The fourth-order valence-electron chi connectivity index (χ4n) is 3.14. The van der Waals surface area contributed by atoms with Gasteiger partial charge in [0.1, 0.15) is 11.3 Å². The Morgan fingerprint density at radius 3 is 2.96 bits per heavy atom. The van der Waals surface area contributed by atoms with Gasteiger partial charge in [-0.15, -0.1) is 0 Å². The number of nitrogens with one attached hydrogen (secondary N) is 2. The number of ether oxygens (including phenoxy) is 1. The molecular formula is C19H25N3O2S. The Balaban J connectivity index is 1.69. The topological polar surface area (TPSA) is 58.8 Å². The van der Waals surface area contributed by atoms with Crippen LogP contribution in [0.5, 0.6) is 0 Å². The van der Waals surface area contributed by atoms with E-state index in [-0.39, 0.29) is 6.10 Å². The summed E-state index contributed by atoms with van der Waals surface area (Å²) in [4.78, 5) is 0. The van der Waals surface area contributed by atoms with E-state index in [2.05, 4.69) is 41.8 Å². The molecule has 1 fully saturated rings. The lowest BCUT2D eigenvalue weighted by Crippen LogP contribution is -2.37. The SMILES string of the molecule is CCc1c(/C(C)=N\NC(=S)NC[C@H]2CCCO2)oc2ccc(C)cc12.